The Labute approximate surface area is 148 Å². The minimum absolute atomic E-state index is 0.209. The van der Waals surface area contributed by atoms with Crippen LogP contribution in [0.2, 0.25) is 5.02 Å². The van der Waals surface area contributed by atoms with Gasteiger partial charge in [-0.1, -0.05) is 17.7 Å². The van der Waals surface area contributed by atoms with Crippen LogP contribution in [0.15, 0.2) is 40.9 Å². The van der Waals surface area contributed by atoms with Gasteiger partial charge in [-0.25, -0.2) is 0 Å². The maximum Gasteiger partial charge on any atom is 0.255 e. The first-order valence-corrected chi connectivity index (χ1v) is 8.17. The Kier molecular flexibility index (Phi) is 6.45. The monoisotopic (exact) mass is 397 g/mol. The van der Waals surface area contributed by atoms with Gasteiger partial charge in [0.15, 0.2) is 0 Å². The van der Waals surface area contributed by atoms with Gasteiger partial charge in [0.1, 0.15) is 12.4 Å². The first-order valence-electron chi connectivity index (χ1n) is 7.00. The van der Waals surface area contributed by atoms with Gasteiger partial charge in [-0.05, 0) is 58.7 Å². The number of nitrogens with one attached hydrogen (secondary N) is 1. The van der Waals surface area contributed by atoms with Gasteiger partial charge >= 0.3 is 0 Å². The summed E-state index contributed by atoms with van der Waals surface area (Å²) in [5.74, 6) is 0.456. The number of ether oxygens (including phenoxy) is 2. The number of carbonyl (C=O) groups excluding carboxylic acids is 1. The van der Waals surface area contributed by atoms with Crippen molar-refractivity contribution in [1.82, 2.24) is 0 Å². The Morgan fingerprint density at radius 1 is 1.26 bits per heavy atom. The predicted molar refractivity (Wildman–Crippen MR) is 95.7 cm³/mol. The summed E-state index contributed by atoms with van der Waals surface area (Å²) in [5.41, 5.74) is 2.05. The van der Waals surface area contributed by atoms with Crippen LogP contribution in [0, 0.1) is 6.92 Å². The highest BCUT2D eigenvalue weighted by Gasteiger charge is 2.11. The van der Waals surface area contributed by atoms with Crippen molar-refractivity contribution >= 4 is 39.1 Å². The molecule has 0 aromatic heterocycles. The summed E-state index contributed by atoms with van der Waals surface area (Å²) < 4.78 is 11.2. The van der Waals surface area contributed by atoms with Crippen molar-refractivity contribution in [2.75, 3.05) is 25.6 Å². The van der Waals surface area contributed by atoms with Crippen molar-refractivity contribution in [3.05, 3.63) is 57.0 Å². The molecule has 2 aromatic carbocycles. The summed E-state index contributed by atoms with van der Waals surface area (Å²) in [7, 11) is 1.61. The van der Waals surface area contributed by atoms with E-state index in [9.17, 15) is 4.79 Å². The van der Waals surface area contributed by atoms with Crippen LogP contribution in [0.25, 0.3) is 0 Å². The lowest BCUT2D eigenvalue weighted by Gasteiger charge is -2.11. The van der Waals surface area contributed by atoms with E-state index in [1.54, 1.807) is 37.4 Å². The molecule has 0 heterocycles. The minimum Gasteiger partial charge on any atom is -0.490 e. The maximum atomic E-state index is 12.4. The molecule has 0 radical (unpaired) electrons. The topological polar surface area (TPSA) is 47.6 Å². The smallest absolute Gasteiger partial charge is 0.255 e. The van der Waals surface area contributed by atoms with Crippen LogP contribution in [-0.4, -0.2) is 26.2 Å². The van der Waals surface area contributed by atoms with E-state index >= 15 is 0 Å². The fraction of sp³-hybridized carbons (Fsp3) is 0.235. The molecule has 0 atom stereocenters. The van der Waals surface area contributed by atoms with E-state index < -0.39 is 0 Å². The second kappa shape index (κ2) is 8.34. The molecule has 0 fully saturated rings. The number of halogens is 2. The second-order valence-electron chi connectivity index (χ2n) is 4.85. The third kappa shape index (κ3) is 4.70. The largest absolute Gasteiger partial charge is 0.490 e. The van der Waals surface area contributed by atoms with E-state index in [-0.39, 0.29) is 5.91 Å². The second-order valence-corrected chi connectivity index (χ2v) is 6.11. The zero-order chi connectivity index (χ0) is 16.8. The molecule has 2 rings (SSSR count). The van der Waals surface area contributed by atoms with Crippen LogP contribution in [0.4, 0.5) is 5.69 Å². The van der Waals surface area contributed by atoms with E-state index in [0.717, 1.165) is 5.56 Å². The molecule has 4 nitrogen and oxygen atoms in total. The predicted octanol–water partition coefficient (Wildman–Crippen LogP) is 4.69. The normalized spacial score (nSPS) is 10.4. The van der Waals surface area contributed by atoms with Crippen molar-refractivity contribution in [3.8, 4) is 5.75 Å². The molecular formula is C17H17BrClNO3. The van der Waals surface area contributed by atoms with Crippen LogP contribution in [-0.2, 0) is 4.74 Å². The molecule has 0 aliphatic rings. The van der Waals surface area contributed by atoms with E-state index in [4.69, 9.17) is 21.1 Å². The van der Waals surface area contributed by atoms with Crippen LogP contribution in [0.3, 0.4) is 0 Å². The number of methoxy groups -OCH3 is 1. The number of rotatable bonds is 6. The minimum atomic E-state index is -0.209. The van der Waals surface area contributed by atoms with Crippen molar-refractivity contribution in [1.29, 1.82) is 0 Å². The van der Waals surface area contributed by atoms with Gasteiger partial charge in [0, 0.05) is 23.4 Å². The molecule has 2 aromatic rings. The lowest BCUT2D eigenvalue weighted by atomic mass is 10.1. The number of benzene rings is 2. The van der Waals surface area contributed by atoms with E-state index in [0.29, 0.717) is 39.7 Å². The Balaban J connectivity index is 2.10. The van der Waals surface area contributed by atoms with Crippen molar-refractivity contribution in [3.63, 3.8) is 0 Å². The summed E-state index contributed by atoms with van der Waals surface area (Å²) in [6, 6.07) is 10.6. The average Bonchev–Trinajstić information content (AvgIpc) is 2.53. The highest BCUT2D eigenvalue weighted by molar-refractivity contribution is 9.10. The Bertz CT molecular complexity index is 706. The van der Waals surface area contributed by atoms with Crippen molar-refractivity contribution in [2.45, 2.75) is 6.92 Å². The summed E-state index contributed by atoms with van der Waals surface area (Å²) in [6.07, 6.45) is 0. The Hall–Kier alpha value is -1.56. The molecular weight excluding hydrogens is 382 g/mol. The highest BCUT2D eigenvalue weighted by atomic mass is 79.9. The third-order valence-corrected chi connectivity index (χ3v) is 4.28. The molecule has 1 amide bonds. The van der Waals surface area contributed by atoms with Gasteiger partial charge in [0.2, 0.25) is 0 Å². The fourth-order valence-electron chi connectivity index (χ4n) is 1.93. The van der Waals surface area contributed by atoms with Gasteiger partial charge < -0.3 is 14.8 Å². The quantitative estimate of drug-likeness (QED) is 0.718. The SMILES string of the molecule is COCCOc1ccc(C(=O)Nc2cccc(Cl)c2C)cc1Br. The number of anilines is 1. The zero-order valence-electron chi connectivity index (χ0n) is 12.9. The Morgan fingerprint density at radius 2 is 2.04 bits per heavy atom. The molecule has 122 valence electrons. The first kappa shape index (κ1) is 17.8. The van der Waals surface area contributed by atoms with Crippen LogP contribution in [0.1, 0.15) is 15.9 Å². The van der Waals surface area contributed by atoms with Gasteiger partial charge in [-0.2, -0.15) is 0 Å². The molecule has 0 bridgehead atoms. The molecule has 0 saturated heterocycles. The summed E-state index contributed by atoms with van der Waals surface area (Å²) >= 11 is 9.48. The number of amides is 1. The molecule has 0 aliphatic heterocycles. The van der Waals surface area contributed by atoms with Gasteiger partial charge in [-0.3, -0.25) is 4.79 Å². The summed E-state index contributed by atoms with van der Waals surface area (Å²) in [4.78, 5) is 12.4. The lowest BCUT2D eigenvalue weighted by Crippen LogP contribution is -2.13. The van der Waals surface area contributed by atoms with Crippen LogP contribution < -0.4 is 10.1 Å². The van der Waals surface area contributed by atoms with E-state index in [1.807, 2.05) is 13.0 Å². The zero-order valence-corrected chi connectivity index (χ0v) is 15.2. The average molecular weight is 399 g/mol. The van der Waals surface area contributed by atoms with Crippen molar-refractivity contribution in [2.24, 2.45) is 0 Å². The lowest BCUT2D eigenvalue weighted by molar-refractivity contribution is 0.102. The molecule has 0 spiro atoms. The number of hydrogen-bond acceptors (Lipinski definition) is 3. The molecule has 0 unspecified atom stereocenters. The molecule has 0 aliphatic carbocycles. The van der Waals surface area contributed by atoms with Crippen molar-refractivity contribution < 1.29 is 14.3 Å². The van der Waals surface area contributed by atoms with E-state index in [2.05, 4.69) is 21.2 Å². The summed E-state index contributed by atoms with van der Waals surface area (Å²) in [5, 5.41) is 3.48. The number of carbonyl (C=O) groups is 1. The Morgan fingerprint density at radius 3 is 2.74 bits per heavy atom. The first-order chi connectivity index (χ1) is 11.0. The molecule has 1 N–H and O–H groups in total. The van der Waals surface area contributed by atoms with Gasteiger partial charge in [0.25, 0.3) is 5.91 Å². The van der Waals surface area contributed by atoms with Crippen LogP contribution in [0.5, 0.6) is 5.75 Å². The molecule has 23 heavy (non-hydrogen) atoms. The number of hydrogen-bond donors (Lipinski definition) is 1. The standard InChI is InChI=1S/C17H17BrClNO3/c1-11-14(19)4-3-5-15(11)20-17(21)12-6-7-16(13(18)10-12)23-9-8-22-2/h3-7,10H,8-9H2,1-2H3,(H,20,21). The third-order valence-electron chi connectivity index (χ3n) is 3.25. The molecule has 0 saturated carbocycles. The fourth-order valence-corrected chi connectivity index (χ4v) is 2.60. The summed E-state index contributed by atoms with van der Waals surface area (Å²) in [6.45, 7) is 2.81. The van der Waals surface area contributed by atoms with Gasteiger partial charge in [-0.15, -0.1) is 0 Å². The van der Waals surface area contributed by atoms with Gasteiger partial charge in [0.05, 0.1) is 11.1 Å². The van der Waals surface area contributed by atoms with Crippen LogP contribution >= 0.6 is 27.5 Å². The maximum absolute atomic E-state index is 12.4. The molecule has 6 heteroatoms. The highest BCUT2D eigenvalue weighted by Crippen LogP contribution is 2.27. The van der Waals surface area contributed by atoms with E-state index in [1.165, 1.54) is 0 Å².